The van der Waals surface area contributed by atoms with Crippen LogP contribution in [0.3, 0.4) is 0 Å². The topological polar surface area (TPSA) is 95.9 Å². The SMILES string of the molecule is CCN(CC)c1ccc2cc(C(=O)N(C)Cc3c[nH]c(C)c(OC)c3=O)c(=O)oc2c1. The minimum absolute atomic E-state index is 0.0170. The number of nitrogens with zero attached hydrogens (tertiary/aromatic N) is 2. The Balaban J connectivity index is 1.91. The first-order valence-corrected chi connectivity index (χ1v) is 10.1. The summed E-state index contributed by atoms with van der Waals surface area (Å²) in [6, 6.07) is 7.11. The zero-order chi connectivity index (χ0) is 22.7. The van der Waals surface area contributed by atoms with Crippen LogP contribution in [0.5, 0.6) is 5.75 Å². The lowest BCUT2D eigenvalue weighted by molar-refractivity contribution is 0.0780. The first-order valence-electron chi connectivity index (χ1n) is 10.1. The van der Waals surface area contributed by atoms with E-state index in [1.807, 2.05) is 12.1 Å². The van der Waals surface area contributed by atoms with E-state index in [0.717, 1.165) is 18.8 Å². The van der Waals surface area contributed by atoms with Crippen molar-refractivity contribution in [3.8, 4) is 5.75 Å². The minimum atomic E-state index is -0.712. The van der Waals surface area contributed by atoms with Gasteiger partial charge in [0.1, 0.15) is 11.1 Å². The van der Waals surface area contributed by atoms with Crippen LogP contribution in [0.2, 0.25) is 0 Å². The number of anilines is 1. The van der Waals surface area contributed by atoms with Gasteiger partial charge in [-0.3, -0.25) is 9.59 Å². The van der Waals surface area contributed by atoms with Crippen LogP contribution in [0.4, 0.5) is 5.69 Å². The second-order valence-electron chi connectivity index (χ2n) is 7.30. The molecule has 8 heteroatoms. The summed E-state index contributed by atoms with van der Waals surface area (Å²) in [5.41, 5.74) is 1.24. The number of H-pyrrole nitrogens is 1. The molecule has 0 spiro atoms. The van der Waals surface area contributed by atoms with Gasteiger partial charge in [0.25, 0.3) is 5.91 Å². The van der Waals surface area contributed by atoms with Gasteiger partial charge in [-0.25, -0.2) is 4.79 Å². The number of aryl methyl sites for hydroxylation is 1. The van der Waals surface area contributed by atoms with Gasteiger partial charge >= 0.3 is 5.63 Å². The van der Waals surface area contributed by atoms with E-state index >= 15 is 0 Å². The van der Waals surface area contributed by atoms with Gasteiger partial charge in [0.05, 0.1) is 19.3 Å². The second kappa shape index (κ2) is 9.07. The number of fused-ring (bicyclic) bond motifs is 1. The zero-order valence-corrected chi connectivity index (χ0v) is 18.4. The molecule has 0 saturated heterocycles. The number of ether oxygens (including phenoxy) is 1. The summed E-state index contributed by atoms with van der Waals surface area (Å²) in [5, 5.41) is 0.655. The summed E-state index contributed by atoms with van der Waals surface area (Å²) in [7, 11) is 2.95. The Morgan fingerprint density at radius 2 is 1.87 bits per heavy atom. The Morgan fingerprint density at radius 3 is 2.52 bits per heavy atom. The molecule has 8 nitrogen and oxygen atoms in total. The van der Waals surface area contributed by atoms with Gasteiger partial charge in [0.15, 0.2) is 5.75 Å². The third-order valence-corrected chi connectivity index (χ3v) is 5.34. The molecule has 2 heterocycles. The van der Waals surface area contributed by atoms with Crippen molar-refractivity contribution in [3.63, 3.8) is 0 Å². The van der Waals surface area contributed by atoms with Crippen LogP contribution in [0.1, 0.15) is 35.5 Å². The average Bonchev–Trinajstić information content (AvgIpc) is 2.76. The Labute approximate surface area is 180 Å². The molecule has 0 radical (unpaired) electrons. The van der Waals surface area contributed by atoms with Crippen molar-refractivity contribution in [3.05, 3.63) is 67.9 Å². The fraction of sp³-hybridized carbons (Fsp3) is 0.348. The number of hydrogen-bond acceptors (Lipinski definition) is 6. The smallest absolute Gasteiger partial charge is 0.349 e. The summed E-state index contributed by atoms with van der Waals surface area (Å²) < 4.78 is 10.6. The number of carbonyl (C=O) groups excluding carboxylic acids is 1. The quantitative estimate of drug-likeness (QED) is 0.585. The van der Waals surface area contributed by atoms with Crippen LogP contribution in [-0.2, 0) is 6.54 Å². The lowest BCUT2D eigenvalue weighted by Gasteiger charge is -2.21. The lowest BCUT2D eigenvalue weighted by atomic mass is 10.1. The van der Waals surface area contributed by atoms with Gasteiger partial charge in [0.2, 0.25) is 5.43 Å². The highest BCUT2D eigenvalue weighted by molar-refractivity contribution is 5.96. The third-order valence-electron chi connectivity index (χ3n) is 5.34. The summed E-state index contributed by atoms with van der Waals surface area (Å²) in [4.78, 5) is 44.4. The van der Waals surface area contributed by atoms with E-state index in [2.05, 4.69) is 23.7 Å². The van der Waals surface area contributed by atoms with Crippen LogP contribution < -0.4 is 20.7 Å². The third kappa shape index (κ3) is 4.33. The standard InChI is InChI=1S/C23H27N3O5/c1-6-26(7-2)17-9-8-15-10-18(23(29)31-19(15)11-17)22(28)25(4)13-16-12-24-14(3)21(30-5)20(16)27/h8-12H,6-7,13H2,1-5H3,(H,24,27). The van der Waals surface area contributed by atoms with Crippen LogP contribution in [0, 0.1) is 6.92 Å². The van der Waals surface area contributed by atoms with E-state index in [0.29, 0.717) is 22.2 Å². The summed E-state index contributed by atoms with van der Waals surface area (Å²) in [5.74, 6) is -0.324. The highest BCUT2D eigenvalue weighted by Crippen LogP contribution is 2.22. The molecule has 2 aromatic heterocycles. The van der Waals surface area contributed by atoms with Gasteiger partial charge in [-0.2, -0.15) is 0 Å². The summed E-state index contributed by atoms with van der Waals surface area (Å²) >= 11 is 0. The predicted octanol–water partition coefficient (Wildman–Crippen LogP) is 2.92. The number of rotatable bonds is 7. The minimum Gasteiger partial charge on any atom is -0.491 e. The van der Waals surface area contributed by atoms with Gasteiger partial charge in [-0.15, -0.1) is 0 Å². The van der Waals surface area contributed by atoms with Gasteiger partial charge < -0.3 is 23.9 Å². The predicted molar refractivity (Wildman–Crippen MR) is 120 cm³/mol. The Kier molecular flexibility index (Phi) is 6.48. The summed E-state index contributed by atoms with van der Waals surface area (Å²) in [6.45, 7) is 7.51. The molecule has 0 aliphatic rings. The normalized spacial score (nSPS) is 10.9. The number of hydrogen-bond donors (Lipinski definition) is 1. The van der Waals surface area contributed by atoms with Crippen molar-refractivity contribution < 1.29 is 13.9 Å². The molecule has 0 fully saturated rings. The van der Waals surface area contributed by atoms with E-state index < -0.39 is 11.5 Å². The number of carbonyl (C=O) groups is 1. The number of benzene rings is 1. The summed E-state index contributed by atoms with van der Waals surface area (Å²) in [6.07, 6.45) is 1.54. The maximum absolute atomic E-state index is 12.9. The van der Waals surface area contributed by atoms with Crippen molar-refractivity contribution in [2.24, 2.45) is 0 Å². The second-order valence-corrected chi connectivity index (χ2v) is 7.30. The number of methoxy groups -OCH3 is 1. The number of aromatic amines is 1. The fourth-order valence-electron chi connectivity index (χ4n) is 3.57. The van der Waals surface area contributed by atoms with Crippen molar-refractivity contribution in [2.75, 3.05) is 32.1 Å². The van der Waals surface area contributed by atoms with Crippen molar-refractivity contribution in [2.45, 2.75) is 27.3 Å². The molecule has 1 N–H and O–H groups in total. The average molecular weight is 425 g/mol. The van der Waals surface area contributed by atoms with E-state index in [1.54, 1.807) is 19.2 Å². The first kappa shape index (κ1) is 22.1. The molecule has 31 heavy (non-hydrogen) atoms. The molecule has 0 bridgehead atoms. The number of amides is 1. The molecule has 3 aromatic rings. The number of nitrogens with one attached hydrogen (secondary N) is 1. The number of pyridine rings is 1. The first-order chi connectivity index (χ1) is 14.8. The zero-order valence-electron chi connectivity index (χ0n) is 18.4. The molecule has 0 unspecified atom stereocenters. The molecule has 3 rings (SSSR count). The van der Waals surface area contributed by atoms with Gasteiger partial charge in [-0.05, 0) is 39.0 Å². The fourth-order valence-corrected chi connectivity index (χ4v) is 3.57. The molecule has 164 valence electrons. The molecular formula is C23H27N3O5. The Morgan fingerprint density at radius 1 is 1.16 bits per heavy atom. The lowest BCUT2D eigenvalue weighted by Crippen LogP contribution is -2.32. The molecule has 0 atom stereocenters. The molecule has 0 aliphatic heterocycles. The van der Waals surface area contributed by atoms with Crippen molar-refractivity contribution in [1.82, 2.24) is 9.88 Å². The van der Waals surface area contributed by atoms with E-state index in [9.17, 15) is 14.4 Å². The van der Waals surface area contributed by atoms with Crippen LogP contribution in [0.25, 0.3) is 11.0 Å². The molecule has 0 aliphatic carbocycles. The largest absolute Gasteiger partial charge is 0.491 e. The Hall–Kier alpha value is -3.55. The van der Waals surface area contributed by atoms with E-state index in [4.69, 9.17) is 9.15 Å². The van der Waals surface area contributed by atoms with Gasteiger partial charge in [0, 0.05) is 49.0 Å². The van der Waals surface area contributed by atoms with Crippen LogP contribution in [0.15, 0.2) is 44.5 Å². The maximum atomic E-state index is 12.9. The maximum Gasteiger partial charge on any atom is 0.349 e. The van der Waals surface area contributed by atoms with Crippen molar-refractivity contribution in [1.29, 1.82) is 0 Å². The highest BCUT2D eigenvalue weighted by Gasteiger charge is 2.20. The van der Waals surface area contributed by atoms with Crippen molar-refractivity contribution >= 4 is 22.6 Å². The molecular weight excluding hydrogens is 398 g/mol. The van der Waals surface area contributed by atoms with E-state index in [-0.39, 0.29) is 23.3 Å². The van der Waals surface area contributed by atoms with Crippen LogP contribution in [-0.4, -0.2) is 43.0 Å². The molecule has 0 saturated carbocycles. The molecule has 1 aromatic carbocycles. The van der Waals surface area contributed by atoms with Crippen LogP contribution >= 0.6 is 0 Å². The van der Waals surface area contributed by atoms with Gasteiger partial charge in [-0.1, -0.05) is 0 Å². The molecule has 1 amide bonds. The number of aromatic nitrogens is 1. The van der Waals surface area contributed by atoms with E-state index in [1.165, 1.54) is 25.1 Å². The highest BCUT2D eigenvalue weighted by atomic mass is 16.5. The Bertz CT molecular complexity index is 1220. The monoisotopic (exact) mass is 425 g/mol.